The van der Waals surface area contributed by atoms with Crippen LogP contribution in [-0.2, 0) is 0 Å². The molecule has 4 heterocycles. The summed E-state index contributed by atoms with van der Waals surface area (Å²) in [5, 5.41) is 4.93. The predicted octanol–water partition coefficient (Wildman–Crippen LogP) is 6.36. The van der Waals surface area contributed by atoms with E-state index in [1.807, 2.05) is 54.7 Å². The maximum Gasteiger partial charge on any atom is 0.231 e. The number of hydrogen-bond donors (Lipinski definition) is 1. The molecule has 4 aromatic rings. The second-order valence-electron chi connectivity index (χ2n) is 9.08. The number of aryl methyl sites for hydroxylation is 1. The van der Waals surface area contributed by atoms with Crippen molar-refractivity contribution in [1.82, 2.24) is 14.9 Å². The van der Waals surface area contributed by atoms with E-state index < -0.39 is 0 Å². The lowest BCUT2D eigenvalue weighted by Gasteiger charge is -2.28. The Morgan fingerprint density at radius 1 is 1.00 bits per heavy atom. The summed E-state index contributed by atoms with van der Waals surface area (Å²) in [5.74, 6) is 1.46. The van der Waals surface area contributed by atoms with E-state index in [0.717, 1.165) is 56.1 Å². The van der Waals surface area contributed by atoms with E-state index >= 15 is 0 Å². The molecule has 2 aromatic heterocycles. The lowest BCUT2D eigenvalue weighted by molar-refractivity contribution is 0.174. The third-order valence-electron chi connectivity index (χ3n) is 7.00. The molecule has 0 radical (unpaired) electrons. The van der Waals surface area contributed by atoms with E-state index in [-0.39, 0.29) is 18.9 Å². The number of ether oxygens (including phenoxy) is 2. The molecule has 1 N–H and O–H groups in total. The van der Waals surface area contributed by atoms with Gasteiger partial charge in [0.1, 0.15) is 0 Å². The summed E-state index contributed by atoms with van der Waals surface area (Å²) in [6.07, 6.45) is 1.82. The molecule has 0 spiro atoms. The Morgan fingerprint density at radius 3 is 2.64 bits per heavy atom. The molecule has 2 aliphatic heterocycles. The molecule has 1 saturated heterocycles. The summed E-state index contributed by atoms with van der Waals surface area (Å²) < 4.78 is 13.5. The fourth-order valence-corrected chi connectivity index (χ4v) is 5.80. The van der Waals surface area contributed by atoms with Crippen LogP contribution in [0.3, 0.4) is 0 Å². The van der Waals surface area contributed by atoms with Gasteiger partial charge in [-0.05, 0) is 86.6 Å². The number of aromatic nitrogens is 2. The third kappa shape index (κ3) is 3.62. The number of rotatable bonds is 4. The Bertz CT molecular complexity index is 1490. The van der Waals surface area contributed by atoms with Gasteiger partial charge in [-0.2, -0.15) is 0 Å². The fraction of sp³-hybridized carbons (Fsp3) is 0.214. The highest BCUT2D eigenvalue weighted by molar-refractivity contribution is 7.80. The Labute approximate surface area is 220 Å². The van der Waals surface area contributed by atoms with E-state index in [2.05, 4.69) is 52.7 Å². The molecule has 1 fully saturated rings. The molecular formula is C28H25ClN4O2S. The summed E-state index contributed by atoms with van der Waals surface area (Å²) in [7, 11) is 0. The van der Waals surface area contributed by atoms with Crippen LogP contribution in [0.2, 0.25) is 5.02 Å². The maximum absolute atomic E-state index is 6.50. The molecular weight excluding hydrogens is 492 g/mol. The summed E-state index contributed by atoms with van der Waals surface area (Å²) in [4.78, 5) is 6.84. The quantitative estimate of drug-likeness (QED) is 0.319. The van der Waals surface area contributed by atoms with Gasteiger partial charge >= 0.3 is 0 Å². The van der Waals surface area contributed by atoms with Crippen molar-refractivity contribution in [2.24, 2.45) is 0 Å². The van der Waals surface area contributed by atoms with Crippen LogP contribution in [0.25, 0.3) is 5.69 Å². The first-order valence-electron chi connectivity index (χ1n) is 11.8. The van der Waals surface area contributed by atoms with Crippen molar-refractivity contribution in [3.8, 4) is 17.2 Å². The maximum atomic E-state index is 6.50. The van der Waals surface area contributed by atoms with Crippen LogP contribution in [0.1, 0.15) is 40.3 Å². The first-order valence-corrected chi connectivity index (χ1v) is 12.6. The summed E-state index contributed by atoms with van der Waals surface area (Å²) in [6, 6.07) is 19.9. The highest BCUT2D eigenvalue weighted by atomic mass is 35.5. The number of nitrogens with one attached hydrogen (secondary N) is 1. The molecule has 0 aliphatic carbocycles. The zero-order valence-corrected chi connectivity index (χ0v) is 21.7. The monoisotopic (exact) mass is 516 g/mol. The van der Waals surface area contributed by atoms with Crippen LogP contribution < -0.4 is 19.7 Å². The van der Waals surface area contributed by atoms with E-state index in [1.54, 1.807) is 0 Å². The molecule has 0 unspecified atom stereocenters. The molecule has 2 aliphatic rings. The minimum absolute atomic E-state index is 0.132. The van der Waals surface area contributed by atoms with E-state index in [4.69, 9.17) is 33.3 Å². The second kappa shape index (κ2) is 8.84. The highest BCUT2D eigenvalue weighted by Gasteiger charge is 2.42. The van der Waals surface area contributed by atoms with Gasteiger partial charge in [-0.15, -0.1) is 0 Å². The lowest BCUT2D eigenvalue weighted by atomic mass is 9.96. The Balaban J connectivity index is 1.53. The topological polar surface area (TPSA) is 51.6 Å². The van der Waals surface area contributed by atoms with Gasteiger partial charge in [0.2, 0.25) is 6.79 Å². The fourth-order valence-electron chi connectivity index (χ4n) is 5.28. The Morgan fingerprint density at radius 2 is 1.83 bits per heavy atom. The molecule has 2 atom stereocenters. The molecule has 0 bridgehead atoms. The van der Waals surface area contributed by atoms with Crippen LogP contribution in [0.5, 0.6) is 11.5 Å². The van der Waals surface area contributed by atoms with Crippen molar-refractivity contribution in [1.29, 1.82) is 0 Å². The highest BCUT2D eigenvalue weighted by Crippen LogP contribution is 2.46. The first kappa shape index (κ1) is 22.9. The van der Waals surface area contributed by atoms with Gasteiger partial charge in [-0.25, -0.2) is 0 Å². The largest absolute Gasteiger partial charge is 0.454 e. The molecule has 2 aromatic carbocycles. The third-order valence-corrected chi connectivity index (χ3v) is 7.73. The Kier molecular flexibility index (Phi) is 5.62. The minimum atomic E-state index is -0.140. The summed E-state index contributed by atoms with van der Waals surface area (Å²) >= 11 is 12.4. The summed E-state index contributed by atoms with van der Waals surface area (Å²) in [5.41, 5.74) is 7.38. The zero-order chi connectivity index (χ0) is 25.0. The van der Waals surface area contributed by atoms with Crippen LogP contribution in [-0.4, -0.2) is 21.5 Å². The lowest BCUT2D eigenvalue weighted by Crippen LogP contribution is -2.29. The van der Waals surface area contributed by atoms with E-state index in [0.29, 0.717) is 5.11 Å². The van der Waals surface area contributed by atoms with Gasteiger partial charge in [0.15, 0.2) is 16.6 Å². The van der Waals surface area contributed by atoms with E-state index in [9.17, 15) is 0 Å². The average molecular weight is 517 g/mol. The van der Waals surface area contributed by atoms with Gasteiger partial charge in [-0.1, -0.05) is 23.7 Å². The number of fused-ring (bicyclic) bond motifs is 1. The molecule has 8 heteroatoms. The van der Waals surface area contributed by atoms with Crippen molar-refractivity contribution in [2.45, 2.75) is 32.9 Å². The predicted molar refractivity (Wildman–Crippen MR) is 145 cm³/mol. The molecule has 0 saturated carbocycles. The van der Waals surface area contributed by atoms with Crippen LogP contribution in [0.15, 0.2) is 66.9 Å². The standard InChI is InChI=1S/C28H25ClN4O2S/c1-16-13-20(18(3)32(16)23-9-6-7-21(29)17(23)2)27-26(22-8-4-5-12-30-22)31-28(36)33(27)19-10-11-24-25(14-19)35-15-34-24/h4-14,26-27H,15H2,1-3H3,(H,31,36)/t26-,27+/m1/s1. The van der Waals surface area contributed by atoms with Gasteiger partial charge in [0, 0.05) is 40.0 Å². The molecule has 182 valence electrons. The Hall–Kier alpha value is -3.55. The zero-order valence-electron chi connectivity index (χ0n) is 20.2. The SMILES string of the molecule is Cc1c(Cl)cccc1-n1c(C)cc([C@H]2[C@@H](c3ccccn3)NC(=S)N2c2ccc3c(c2)OCO3)c1C. The number of halogens is 1. The van der Waals surface area contributed by atoms with Crippen molar-refractivity contribution < 1.29 is 9.47 Å². The van der Waals surface area contributed by atoms with Crippen molar-refractivity contribution in [2.75, 3.05) is 11.7 Å². The first-order chi connectivity index (χ1) is 17.4. The number of thiocarbonyl (C=S) groups is 1. The summed E-state index contributed by atoms with van der Waals surface area (Å²) in [6.45, 7) is 6.55. The van der Waals surface area contributed by atoms with Crippen LogP contribution in [0.4, 0.5) is 5.69 Å². The number of benzene rings is 2. The average Bonchev–Trinajstić information content (AvgIpc) is 3.56. The smallest absolute Gasteiger partial charge is 0.231 e. The number of nitrogens with zero attached hydrogens (tertiary/aromatic N) is 3. The van der Waals surface area contributed by atoms with Gasteiger partial charge < -0.3 is 24.3 Å². The second-order valence-corrected chi connectivity index (χ2v) is 9.87. The van der Waals surface area contributed by atoms with Crippen molar-refractivity contribution in [3.63, 3.8) is 0 Å². The normalized spacial score (nSPS) is 18.6. The molecule has 6 rings (SSSR count). The molecule has 6 nitrogen and oxygen atoms in total. The van der Waals surface area contributed by atoms with Crippen LogP contribution in [0, 0.1) is 20.8 Å². The van der Waals surface area contributed by atoms with Crippen LogP contribution >= 0.6 is 23.8 Å². The van der Waals surface area contributed by atoms with Crippen molar-refractivity contribution >= 4 is 34.6 Å². The molecule has 36 heavy (non-hydrogen) atoms. The van der Waals surface area contributed by atoms with E-state index in [1.165, 1.54) is 0 Å². The van der Waals surface area contributed by atoms with Crippen molar-refractivity contribution in [3.05, 3.63) is 100 Å². The number of hydrogen-bond acceptors (Lipinski definition) is 4. The van der Waals surface area contributed by atoms with Gasteiger partial charge in [-0.3, -0.25) is 4.98 Å². The van der Waals surface area contributed by atoms with Gasteiger partial charge in [0.25, 0.3) is 0 Å². The number of pyridine rings is 1. The minimum Gasteiger partial charge on any atom is -0.454 e. The van der Waals surface area contributed by atoms with Gasteiger partial charge in [0.05, 0.1) is 17.8 Å². The number of anilines is 1. The molecule has 0 amide bonds.